The van der Waals surface area contributed by atoms with Crippen molar-refractivity contribution in [3.63, 3.8) is 0 Å². The van der Waals surface area contributed by atoms with Gasteiger partial charge in [-0.15, -0.1) is 11.8 Å². The summed E-state index contributed by atoms with van der Waals surface area (Å²) in [6, 6.07) is 6.88. The van der Waals surface area contributed by atoms with Crippen molar-refractivity contribution < 1.29 is 19.1 Å². The molecule has 0 radical (unpaired) electrons. The van der Waals surface area contributed by atoms with Crippen LogP contribution in [0.5, 0.6) is 0 Å². The first kappa shape index (κ1) is 21.0. The van der Waals surface area contributed by atoms with Gasteiger partial charge in [-0.05, 0) is 39.8 Å². The van der Waals surface area contributed by atoms with Gasteiger partial charge in [-0.2, -0.15) is 0 Å². The van der Waals surface area contributed by atoms with Crippen LogP contribution in [-0.4, -0.2) is 54.2 Å². The smallest absolute Gasteiger partial charge is 0.340 e. The predicted molar refractivity (Wildman–Crippen MR) is 98.6 cm³/mol. The molecule has 0 bridgehead atoms. The number of nitrogens with one attached hydrogen (secondary N) is 1. The summed E-state index contributed by atoms with van der Waals surface area (Å²) in [7, 11) is 3.36. The highest BCUT2D eigenvalue weighted by Gasteiger charge is 2.24. The summed E-state index contributed by atoms with van der Waals surface area (Å²) < 4.78 is 5.28. The lowest BCUT2D eigenvalue weighted by Gasteiger charge is -2.23. The van der Waals surface area contributed by atoms with Crippen molar-refractivity contribution in [2.45, 2.75) is 44.2 Å². The van der Waals surface area contributed by atoms with E-state index in [2.05, 4.69) is 5.32 Å². The normalized spacial score (nSPS) is 12.2. The average molecular weight is 366 g/mol. The number of benzene rings is 1. The maximum absolute atomic E-state index is 12.4. The van der Waals surface area contributed by atoms with E-state index in [0.717, 1.165) is 0 Å². The van der Waals surface area contributed by atoms with E-state index in [-0.39, 0.29) is 17.6 Å². The van der Waals surface area contributed by atoms with Crippen molar-refractivity contribution >= 4 is 29.5 Å². The first-order valence-electron chi connectivity index (χ1n) is 7.96. The second-order valence-corrected chi connectivity index (χ2v) is 7.88. The second-order valence-electron chi connectivity index (χ2n) is 6.86. The van der Waals surface area contributed by atoms with Gasteiger partial charge in [0, 0.05) is 24.5 Å². The van der Waals surface area contributed by atoms with Crippen molar-refractivity contribution in [2.75, 3.05) is 19.8 Å². The molecule has 0 aliphatic rings. The molecule has 1 aromatic carbocycles. The van der Waals surface area contributed by atoms with Crippen molar-refractivity contribution in [3.05, 3.63) is 29.8 Å². The Kier molecular flexibility index (Phi) is 7.48. The Labute approximate surface area is 153 Å². The molecular weight excluding hydrogens is 340 g/mol. The van der Waals surface area contributed by atoms with Gasteiger partial charge in [-0.3, -0.25) is 9.59 Å². The van der Waals surface area contributed by atoms with E-state index >= 15 is 0 Å². The van der Waals surface area contributed by atoms with Gasteiger partial charge < -0.3 is 15.0 Å². The van der Waals surface area contributed by atoms with E-state index in [1.807, 2.05) is 20.8 Å². The summed E-state index contributed by atoms with van der Waals surface area (Å²) >= 11 is 1.26. The molecule has 1 aromatic rings. The first-order valence-corrected chi connectivity index (χ1v) is 8.95. The Hall–Kier alpha value is -2.02. The number of amides is 2. The zero-order valence-corrected chi connectivity index (χ0v) is 16.4. The van der Waals surface area contributed by atoms with Crippen LogP contribution in [0.3, 0.4) is 0 Å². The fourth-order valence-corrected chi connectivity index (χ4v) is 2.80. The first-order chi connectivity index (χ1) is 11.5. The van der Waals surface area contributed by atoms with Crippen LogP contribution in [0.15, 0.2) is 29.2 Å². The lowest BCUT2D eigenvalue weighted by molar-refractivity contribution is -0.130. The van der Waals surface area contributed by atoms with E-state index < -0.39 is 17.6 Å². The van der Waals surface area contributed by atoms with E-state index in [0.29, 0.717) is 10.5 Å². The largest absolute Gasteiger partial charge is 0.449 e. The van der Waals surface area contributed by atoms with Crippen LogP contribution < -0.4 is 5.32 Å². The standard InChI is InChI=1S/C18H26N2O4S/c1-12(16(22)19-18(2,3)4)24-17(23)13-9-7-8-10-14(13)25-11-15(21)20(5)6/h7-10,12H,11H2,1-6H3,(H,19,22)/t12-/m0/s1. The molecule has 0 aliphatic heterocycles. The van der Waals surface area contributed by atoms with Crippen LogP contribution in [0.4, 0.5) is 0 Å². The van der Waals surface area contributed by atoms with Crippen molar-refractivity contribution in [1.82, 2.24) is 10.2 Å². The maximum Gasteiger partial charge on any atom is 0.340 e. The summed E-state index contributed by atoms with van der Waals surface area (Å²) in [6.45, 7) is 7.09. The number of ether oxygens (including phenoxy) is 1. The summed E-state index contributed by atoms with van der Waals surface area (Å²) in [5.41, 5.74) is -0.0626. The van der Waals surface area contributed by atoms with Crippen molar-refractivity contribution in [3.8, 4) is 0 Å². The third-order valence-corrected chi connectivity index (χ3v) is 4.17. The molecular formula is C18H26N2O4S. The molecule has 2 amide bonds. The predicted octanol–water partition coefficient (Wildman–Crippen LogP) is 2.33. The van der Waals surface area contributed by atoms with Gasteiger partial charge in [0.1, 0.15) is 0 Å². The highest BCUT2D eigenvalue weighted by Crippen LogP contribution is 2.24. The Morgan fingerprint density at radius 2 is 1.80 bits per heavy atom. The zero-order chi connectivity index (χ0) is 19.2. The van der Waals surface area contributed by atoms with Gasteiger partial charge in [0.05, 0.1) is 11.3 Å². The molecule has 6 nitrogen and oxygen atoms in total. The quantitative estimate of drug-likeness (QED) is 0.618. The topological polar surface area (TPSA) is 75.7 Å². The number of hydrogen-bond acceptors (Lipinski definition) is 5. The molecule has 7 heteroatoms. The number of hydrogen-bond donors (Lipinski definition) is 1. The minimum atomic E-state index is -0.909. The molecule has 0 aliphatic carbocycles. The molecule has 1 rings (SSSR count). The number of nitrogens with zero attached hydrogens (tertiary/aromatic N) is 1. The minimum absolute atomic E-state index is 0.0499. The van der Waals surface area contributed by atoms with Gasteiger partial charge in [-0.1, -0.05) is 12.1 Å². The molecule has 1 atom stereocenters. The van der Waals surface area contributed by atoms with Gasteiger partial charge in [0.15, 0.2) is 6.10 Å². The molecule has 138 valence electrons. The van der Waals surface area contributed by atoms with E-state index in [1.54, 1.807) is 38.4 Å². The second kappa shape index (κ2) is 8.89. The minimum Gasteiger partial charge on any atom is -0.449 e. The average Bonchev–Trinajstić information content (AvgIpc) is 2.50. The molecule has 0 unspecified atom stereocenters. The summed E-state index contributed by atoms with van der Waals surface area (Å²) in [5.74, 6) is -0.769. The lowest BCUT2D eigenvalue weighted by atomic mass is 10.1. The molecule has 0 heterocycles. The Morgan fingerprint density at radius 3 is 2.36 bits per heavy atom. The van der Waals surface area contributed by atoms with Crippen LogP contribution >= 0.6 is 11.8 Å². The van der Waals surface area contributed by atoms with Crippen LogP contribution in [0, 0.1) is 0 Å². The SMILES string of the molecule is C[C@H](OC(=O)c1ccccc1SCC(=O)N(C)C)C(=O)NC(C)(C)C. The number of carbonyl (C=O) groups excluding carboxylic acids is 3. The Morgan fingerprint density at radius 1 is 1.20 bits per heavy atom. The highest BCUT2D eigenvalue weighted by molar-refractivity contribution is 8.00. The molecule has 25 heavy (non-hydrogen) atoms. The number of carbonyl (C=O) groups is 3. The fraction of sp³-hybridized carbons (Fsp3) is 0.500. The number of rotatable bonds is 6. The van der Waals surface area contributed by atoms with E-state index in [9.17, 15) is 14.4 Å². The van der Waals surface area contributed by atoms with Crippen molar-refractivity contribution in [1.29, 1.82) is 0 Å². The molecule has 0 saturated heterocycles. The molecule has 1 N–H and O–H groups in total. The maximum atomic E-state index is 12.4. The summed E-state index contributed by atoms with van der Waals surface area (Å²) in [5, 5.41) is 2.77. The summed E-state index contributed by atoms with van der Waals surface area (Å²) in [6.07, 6.45) is -0.909. The third-order valence-electron chi connectivity index (χ3n) is 3.11. The number of thioether (sulfide) groups is 1. The van der Waals surface area contributed by atoms with E-state index in [1.165, 1.54) is 23.6 Å². The highest BCUT2D eigenvalue weighted by atomic mass is 32.2. The van der Waals surface area contributed by atoms with E-state index in [4.69, 9.17) is 4.74 Å². The van der Waals surface area contributed by atoms with Crippen LogP contribution in [0.2, 0.25) is 0 Å². The van der Waals surface area contributed by atoms with Gasteiger partial charge in [-0.25, -0.2) is 4.79 Å². The van der Waals surface area contributed by atoms with Gasteiger partial charge >= 0.3 is 5.97 Å². The van der Waals surface area contributed by atoms with Gasteiger partial charge in [0.2, 0.25) is 5.91 Å². The molecule has 0 spiro atoms. The lowest BCUT2D eigenvalue weighted by Crippen LogP contribution is -2.46. The Bertz CT molecular complexity index is 638. The summed E-state index contributed by atoms with van der Waals surface area (Å²) in [4.78, 5) is 38.3. The molecule has 0 saturated carbocycles. The van der Waals surface area contributed by atoms with Crippen molar-refractivity contribution in [2.24, 2.45) is 0 Å². The van der Waals surface area contributed by atoms with Crippen LogP contribution in [0.1, 0.15) is 38.1 Å². The molecule has 0 aromatic heterocycles. The third kappa shape index (κ3) is 7.17. The molecule has 0 fully saturated rings. The van der Waals surface area contributed by atoms with Crippen LogP contribution in [-0.2, 0) is 14.3 Å². The number of esters is 1. The monoisotopic (exact) mass is 366 g/mol. The Balaban J connectivity index is 2.78. The zero-order valence-electron chi connectivity index (χ0n) is 15.6. The van der Waals surface area contributed by atoms with Gasteiger partial charge in [0.25, 0.3) is 5.91 Å². The van der Waals surface area contributed by atoms with Crippen LogP contribution in [0.25, 0.3) is 0 Å². The fourth-order valence-electron chi connectivity index (χ4n) is 1.78.